The van der Waals surface area contributed by atoms with Gasteiger partial charge in [-0.3, -0.25) is 9.59 Å². The number of aliphatic hydroxyl groups is 1. The van der Waals surface area contributed by atoms with E-state index in [0.29, 0.717) is 25.1 Å². The van der Waals surface area contributed by atoms with Crippen molar-refractivity contribution in [3.8, 4) is 0 Å². The quantitative estimate of drug-likeness (QED) is 0.236. The number of aliphatic hydroxyl groups excluding tert-OH is 1. The third kappa shape index (κ3) is 5.15. The predicted molar refractivity (Wildman–Crippen MR) is 153 cm³/mol. The molecule has 4 atom stereocenters. The highest BCUT2D eigenvalue weighted by atomic mass is 28.4. The molecule has 0 unspecified atom stereocenters. The molecular weight excluding hydrogens is 499 g/mol. The molecule has 0 radical (unpaired) electrons. The standard InChI is InChI=1S/C30H43FN2O4Si/c1-20(2)9-7-10-21(3)14-17-33-25-13-12-23(32-16-8-11-27(32)35)19-24(25)30(29(33)36)22(4)28(38(5,6)31)26(37-30)15-18-34/h9,12-14,19,22,26,28,34H,7-8,10-11,15-18H2,1-6H3/b21-14+/t22-,26+,28-,30+/m0/s1. The molecule has 2 saturated heterocycles. The summed E-state index contributed by atoms with van der Waals surface area (Å²) in [5, 5.41) is 9.77. The Morgan fingerprint density at radius 1 is 1.24 bits per heavy atom. The van der Waals surface area contributed by atoms with Crippen molar-refractivity contribution in [1.29, 1.82) is 0 Å². The number of anilines is 2. The average molecular weight is 543 g/mol. The van der Waals surface area contributed by atoms with E-state index < -0.39 is 31.6 Å². The molecule has 1 spiro atoms. The average Bonchev–Trinajstić information content (AvgIpc) is 3.46. The summed E-state index contributed by atoms with van der Waals surface area (Å²) < 4.78 is 22.4. The monoisotopic (exact) mass is 542 g/mol. The highest BCUT2D eigenvalue weighted by molar-refractivity contribution is 6.72. The number of ether oxygens (including phenoxy) is 1. The maximum Gasteiger partial charge on any atom is 0.264 e. The van der Waals surface area contributed by atoms with E-state index in [4.69, 9.17) is 4.74 Å². The number of allylic oxidation sites excluding steroid dienone is 3. The maximum absolute atomic E-state index is 15.7. The first-order chi connectivity index (χ1) is 17.9. The Kier molecular flexibility index (Phi) is 8.36. The van der Waals surface area contributed by atoms with E-state index in [2.05, 4.69) is 32.9 Å². The molecule has 2 amide bonds. The van der Waals surface area contributed by atoms with E-state index in [1.165, 1.54) is 11.1 Å². The van der Waals surface area contributed by atoms with Gasteiger partial charge in [0.1, 0.15) is 0 Å². The van der Waals surface area contributed by atoms with Crippen LogP contribution in [0.1, 0.15) is 65.4 Å². The lowest BCUT2D eigenvalue weighted by molar-refractivity contribution is -0.146. The lowest BCUT2D eigenvalue weighted by atomic mass is 9.82. The van der Waals surface area contributed by atoms with E-state index in [-0.39, 0.29) is 24.8 Å². The normalized spacial score (nSPS) is 27.6. The van der Waals surface area contributed by atoms with Crippen LogP contribution in [0.5, 0.6) is 0 Å². The molecule has 208 valence electrons. The minimum atomic E-state index is -3.25. The fraction of sp³-hybridized carbons (Fsp3) is 0.600. The van der Waals surface area contributed by atoms with Crippen LogP contribution in [0, 0.1) is 5.92 Å². The molecule has 1 N–H and O–H groups in total. The van der Waals surface area contributed by atoms with Gasteiger partial charge < -0.3 is 23.8 Å². The van der Waals surface area contributed by atoms with E-state index in [1.54, 1.807) is 22.9 Å². The number of nitrogens with zero attached hydrogens (tertiary/aromatic N) is 2. The van der Waals surface area contributed by atoms with Gasteiger partial charge in [0.05, 0.1) is 11.8 Å². The van der Waals surface area contributed by atoms with E-state index in [9.17, 15) is 14.7 Å². The number of fused-ring (bicyclic) bond motifs is 2. The summed E-state index contributed by atoms with van der Waals surface area (Å²) in [6.45, 7) is 12.4. The number of rotatable bonds is 9. The number of amides is 2. The van der Waals surface area contributed by atoms with Crippen LogP contribution < -0.4 is 9.80 Å². The van der Waals surface area contributed by atoms with Crippen molar-refractivity contribution in [2.75, 3.05) is 29.5 Å². The molecule has 3 heterocycles. The summed E-state index contributed by atoms with van der Waals surface area (Å²) in [6, 6.07) is 5.74. The van der Waals surface area contributed by atoms with Crippen molar-refractivity contribution in [2.45, 2.75) is 90.1 Å². The highest BCUT2D eigenvalue weighted by Gasteiger charge is 2.66. The van der Waals surface area contributed by atoms with E-state index in [0.717, 1.165) is 30.6 Å². The summed E-state index contributed by atoms with van der Waals surface area (Å²) in [4.78, 5) is 30.4. The fourth-order valence-corrected chi connectivity index (χ4v) is 9.18. The van der Waals surface area contributed by atoms with Crippen molar-refractivity contribution in [1.82, 2.24) is 0 Å². The number of hydrogen-bond donors (Lipinski definition) is 1. The van der Waals surface area contributed by atoms with Gasteiger partial charge in [-0.15, -0.1) is 0 Å². The zero-order chi connectivity index (χ0) is 27.8. The molecule has 0 aromatic heterocycles. The van der Waals surface area contributed by atoms with Crippen molar-refractivity contribution in [2.24, 2.45) is 5.92 Å². The van der Waals surface area contributed by atoms with Gasteiger partial charge in [-0.1, -0.05) is 30.2 Å². The molecule has 3 aliphatic rings. The molecule has 1 aromatic rings. The van der Waals surface area contributed by atoms with Gasteiger partial charge in [0.2, 0.25) is 14.3 Å². The minimum absolute atomic E-state index is 0.0730. The minimum Gasteiger partial charge on any atom is -0.396 e. The first-order valence-electron chi connectivity index (χ1n) is 13.9. The van der Waals surface area contributed by atoms with Gasteiger partial charge in [0.25, 0.3) is 5.91 Å². The molecule has 4 rings (SSSR count). The summed E-state index contributed by atoms with van der Waals surface area (Å²) in [6.07, 6.45) is 7.22. The lowest BCUT2D eigenvalue weighted by Gasteiger charge is -2.31. The molecule has 3 aliphatic heterocycles. The lowest BCUT2D eigenvalue weighted by Crippen LogP contribution is -2.45. The summed E-state index contributed by atoms with van der Waals surface area (Å²) in [5.41, 5.74) is 2.94. The third-order valence-corrected chi connectivity index (χ3v) is 10.9. The Morgan fingerprint density at radius 3 is 2.58 bits per heavy atom. The van der Waals surface area contributed by atoms with E-state index >= 15 is 4.11 Å². The molecule has 0 bridgehead atoms. The van der Waals surface area contributed by atoms with Crippen LogP contribution in [0.4, 0.5) is 15.5 Å². The van der Waals surface area contributed by atoms with Crippen LogP contribution >= 0.6 is 0 Å². The number of benzene rings is 1. The van der Waals surface area contributed by atoms with Gasteiger partial charge in [0, 0.05) is 48.8 Å². The van der Waals surface area contributed by atoms with Crippen molar-refractivity contribution in [3.05, 3.63) is 47.1 Å². The maximum atomic E-state index is 15.7. The largest absolute Gasteiger partial charge is 0.396 e. The third-order valence-electron chi connectivity index (χ3n) is 8.46. The van der Waals surface area contributed by atoms with Gasteiger partial charge in [-0.05, 0) is 77.7 Å². The summed E-state index contributed by atoms with van der Waals surface area (Å²) in [5.74, 6) is -0.514. The second kappa shape index (κ2) is 11.1. The molecule has 0 saturated carbocycles. The number of carbonyl (C=O) groups is 2. The highest BCUT2D eigenvalue weighted by Crippen LogP contribution is 2.60. The van der Waals surface area contributed by atoms with Crippen molar-refractivity contribution >= 4 is 31.6 Å². The smallest absolute Gasteiger partial charge is 0.264 e. The molecule has 1 aromatic carbocycles. The number of carbonyl (C=O) groups excluding carboxylic acids is 2. The second-order valence-electron chi connectivity index (χ2n) is 11.9. The number of hydrogen-bond acceptors (Lipinski definition) is 4. The fourth-order valence-electron chi connectivity index (χ4n) is 6.64. The first kappa shape index (κ1) is 28.7. The molecule has 38 heavy (non-hydrogen) atoms. The Bertz CT molecular complexity index is 1140. The first-order valence-corrected chi connectivity index (χ1v) is 16.9. The molecule has 2 fully saturated rings. The van der Waals surface area contributed by atoms with Crippen LogP contribution in [0.15, 0.2) is 41.5 Å². The summed E-state index contributed by atoms with van der Waals surface area (Å²) in [7, 11) is -3.25. The molecular formula is C30H43FN2O4Si. The Hall–Kier alpha value is -2.29. The van der Waals surface area contributed by atoms with Gasteiger partial charge >= 0.3 is 0 Å². The van der Waals surface area contributed by atoms with Crippen molar-refractivity contribution < 1.29 is 23.5 Å². The molecule has 0 aliphatic carbocycles. The van der Waals surface area contributed by atoms with Crippen LogP contribution in [0.25, 0.3) is 0 Å². The summed E-state index contributed by atoms with van der Waals surface area (Å²) >= 11 is 0. The number of halogens is 1. The van der Waals surface area contributed by atoms with Crippen LogP contribution in [0.3, 0.4) is 0 Å². The Morgan fingerprint density at radius 2 is 1.97 bits per heavy atom. The Labute approximate surface area is 227 Å². The van der Waals surface area contributed by atoms with Crippen LogP contribution in [-0.4, -0.2) is 51.1 Å². The van der Waals surface area contributed by atoms with Crippen molar-refractivity contribution in [3.63, 3.8) is 0 Å². The Balaban J connectivity index is 1.76. The van der Waals surface area contributed by atoms with Crippen LogP contribution in [-0.2, 0) is 19.9 Å². The zero-order valence-corrected chi connectivity index (χ0v) is 24.7. The van der Waals surface area contributed by atoms with E-state index in [1.807, 2.05) is 25.1 Å². The van der Waals surface area contributed by atoms with Gasteiger partial charge in [-0.2, -0.15) is 0 Å². The zero-order valence-electron chi connectivity index (χ0n) is 23.7. The van der Waals surface area contributed by atoms with Crippen LogP contribution in [0.2, 0.25) is 18.6 Å². The SMILES string of the molecule is CC(C)=CCC/C(C)=C/CN1C(=O)[C@]2(O[C@H](CCO)[C@@H]([Si](C)(C)F)[C@@H]2C)c2cc(N3CCCC3=O)ccc21. The molecule has 8 heteroatoms. The second-order valence-corrected chi connectivity index (χ2v) is 15.7. The molecule has 6 nitrogen and oxygen atoms in total. The topological polar surface area (TPSA) is 70.1 Å². The van der Waals surface area contributed by atoms with Gasteiger partial charge in [-0.25, -0.2) is 0 Å². The predicted octanol–water partition coefficient (Wildman–Crippen LogP) is 6.01. The van der Waals surface area contributed by atoms with Gasteiger partial charge in [0.15, 0.2) is 5.60 Å².